The second kappa shape index (κ2) is 9.28. The quantitative estimate of drug-likeness (QED) is 0.231. The molecule has 0 saturated heterocycles. The minimum absolute atomic E-state index is 0.913. The van der Waals surface area contributed by atoms with Crippen LogP contribution < -0.4 is 0 Å². The van der Waals surface area contributed by atoms with Gasteiger partial charge in [-0.25, -0.2) is 4.98 Å². The normalized spacial score (nSPS) is 11.5. The molecule has 4 aromatic heterocycles. The van der Waals surface area contributed by atoms with Crippen LogP contribution in [0, 0.1) is 0 Å². The van der Waals surface area contributed by atoms with Crippen LogP contribution >= 0.6 is 0 Å². The first-order valence-electron chi connectivity index (χ1n) is 13.7. The lowest BCUT2D eigenvalue weighted by Crippen LogP contribution is -1.98. The van der Waals surface area contributed by atoms with Crippen LogP contribution in [-0.4, -0.2) is 24.1 Å². The van der Waals surface area contributed by atoms with E-state index in [2.05, 4.69) is 106 Å². The zero-order valence-corrected chi connectivity index (χ0v) is 22.4. The summed E-state index contributed by atoms with van der Waals surface area (Å²) in [7, 11) is 2.08. The van der Waals surface area contributed by atoms with E-state index >= 15 is 0 Å². The maximum atomic E-state index is 4.98. The fourth-order valence-electron chi connectivity index (χ4n) is 5.94. The highest BCUT2D eigenvalue weighted by Gasteiger charge is 2.18. The Morgan fingerprint density at radius 3 is 1.98 bits per heavy atom. The van der Waals surface area contributed by atoms with Crippen LogP contribution in [0.5, 0.6) is 0 Å². The van der Waals surface area contributed by atoms with E-state index in [-0.39, 0.29) is 0 Å². The molecule has 41 heavy (non-hydrogen) atoms. The highest BCUT2D eigenvalue weighted by molar-refractivity contribution is 6.10. The lowest BCUT2D eigenvalue weighted by Gasteiger charge is -2.14. The van der Waals surface area contributed by atoms with Gasteiger partial charge < -0.3 is 9.13 Å². The molecule has 0 spiro atoms. The van der Waals surface area contributed by atoms with Gasteiger partial charge in [-0.2, -0.15) is 0 Å². The van der Waals surface area contributed by atoms with E-state index in [0.717, 1.165) is 61.7 Å². The third kappa shape index (κ3) is 3.74. The maximum Gasteiger partial charge on any atom is 0.140 e. The number of hydrogen-bond donors (Lipinski definition) is 0. The Hall–Kier alpha value is -5.55. The van der Waals surface area contributed by atoms with E-state index in [4.69, 9.17) is 9.97 Å². The second-order valence-corrected chi connectivity index (χ2v) is 10.2. The van der Waals surface area contributed by atoms with Gasteiger partial charge in [0.25, 0.3) is 0 Å². The van der Waals surface area contributed by atoms with Crippen LogP contribution in [0.3, 0.4) is 0 Å². The van der Waals surface area contributed by atoms with E-state index in [1.807, 2.05) is 48.8 Å². The van der Waals surface area contributed by atoms with E-state index in [9.17, 15) is 0 Å². The molecule has 0 saturated carbocycles. The molecule has 5 nitrogen and oxygen atoms in total. The van der Waals surface area contributed by atoms with Crippen molar-refractivity contribution in [2.24, 2.45) is 7.05 Å². The summed E-state index contributed by atoms with van der Waals surface area (Å²) in [6.07, 6.45) is 3.68. The van der Waals surface area contributed by atoms with E-state index in [0.29, 0.717) is 0 Å². The number of aryl methyl sites for hydroxylation is 1. The molecular weight excluding hydrogens is 502 g/mol. The van der Waals surface area contributed by atoms with Crippen molar-refractivity contribution in [3.63, 3.8) is 0 Å². The molecular formula is C36H25N5. The molecule has 0 amide bonds. The van der Waals surface area contributed by atoms with Gasteiger partial charge in [-0.05, 0) is 60.7 Å². The molecule has 0 aliphatic rings. The van der Waals surface area contributed by atoms with Crippen molar-refractivity contribution < 1.29 is 0 Å². The Kier molecular flexibility index (Phi) is 5.28. The van der Waals surface area contributed by atoms with E-state index < -0.39 is 0 Å². The molecule has 0 N–H and O–H groups in total. The average molecular weight is 528 g/mol. The summed E-state index contributed by atoms with van der Waals surface area (Å²) < 4.78 is 4.52. The highest BCUT2D eigenvalue weighted by atomic mass is 15.1. The lowest BCUT2D eigenvalue weighted by molar-refractivity contribution is 0.959. The van der Waals surface area contributed by atoms with Gasteiger partial charge in [0.05, 0.1) is 33.5 Å². The van der Waals surface area contributed by atoms with Crippen molar-refractivity contribution in [2.45, 2.75) is 0 Å². The Morgan fingerprint density at radius 2 is 1.22 bits per heavy atom. The fourth-order valence-corrected chi connectivity index (χ4v) is 5.94. The Morgan fingerprint density at radius 1 is 0.537 bits per heavy atom. The first kappa shape index (κ1) is 23.3. The van der Waals surface area contributed by atoms with Crippen LogP contribution in [-0.2, 0) is 7.05 Å². The van der Waals surface area contributed by atoms with Crippen molar-refractivity contribution >= 4 is 32.8 Å². The lowest BCUT2D eigenvalue weighted by atomic mass is 9.99. The molecule has 0 aliphatic heterocycles. The highest BCUT2D eigenvalue weighted by Crippen LogP contribution is 2.38. The minimum atomic E-state index is 0.913. The number of hydrogen-bond acceptors (Lipinski definition) is 3. The molecule has 0 aliphatic carbocycles. The summed E-state index contributed by atoms with van der Waals surface area (Å²) in [5.41, 5.74) is 10.5. The van der Waals surface area contributed by atoms with Crippen LogP contribution in [0.2, 0.25) is 0 Å². The van der Waals surface area contributed by atoms with Crippen LogP contribution in [0.25, 0.3) is 72.4 Å². The summed E-state index contributed by atoms with van der Waals surface area (Å²) in [4.78, 5) is 14.4. The average Bonchev–Trinajstić information content (AvgIpc) is 3.56. The summed E-state index contributed by atoms with van der Waals surface area (Å²) in [5, 5.41) is 2.42. The SMILES string of the molecule is Cn1c(-c2ccc3c4ccccc4n(-c4ccc(-c5ccccn5)c(-c5ccccn5)c4)c3c2)nc2ccccc21. The number of nitrogens with zero attached hydrogens (tertiary/aromatic N) is 5. The van der Waals surface area contributed by atoms with Gasteiger partial charge >= 0.3 is 0 Å². The van der Waals surface area contributed by atoms with E-state index in [1.165, 1.54) is 10.8 Å². The molecule has 0 atom stereocenters. The van der Waals surface area contributed by atoms with Crippen molar-refractivity contribution in [1.29, 1.82) is 0 Å². The molecule has 4 heterocycles. The summed E-state index contributed by atoms with van der Waals surface area (Å²) in [6, 6.07) is 42.2. The number of imidazole rings is 1. The predicted octanol–water partition coefficient (Wildman–Crippen LogP) is 8.46. The standard InChI is InChI=1S/C36H25N5/c1-40-34-15-5-3-13-32(34)39-36(40)24-16-18-28-27-10-2-4-14-33(27)41(35(28)22-24)25-17-19-26(30-11-6-8-20-37-30)29(23-25)31-12-7-9-21-38-31/h2-23H,1H3. The number of para-hydroxylation sites is 3. The predicted molar refractivity (Wildman–Crippen MR) is 167 cm³/mol. The van der Waals surface area contributed by atoms with Crippen LogP contribution in [0.15, 0.2) is 134 Å². The molecule has 4 aromatic carbocycles. The number of rotatable bonds is 4. The first-order valence-corrected chi connectivity index (χ1v) is 13.7. The fraction of sp³-hybridized carbons (Fsp3) is 0.0278. The van der Waals surface area contributed by atoms with Gasteiger partial charge in [0.2, 0.25) is 0 Å². The smallest absolute Gasteiger partial charge is 0.140 e. The molecule has 0 bridgehead atoms. The Labute approximate surface area is 237 Å². The molecule has 8 aromatic rings. The number of fused-ring (bicyclic) bond motifs is 4. The topological polar surface area (TPSA) is 48.5 Å². The van der Waals surface area contributed by atoms with Crippen molar-refractivity contribution in [3.05, 3.63) is 134 Å². The monoisotopic (exact) mass is 527 g/mol. The summed E-state index contributed by atoms with van der Waals surface area (Å²) >= 11 is 0. The number of aromatic nitrogens is 5. The zero-order chi connectivity index (χ0) is 27.3. The Balaban J connectivity index is 1.40. The molecule has 0 radical (unpaired) electrons. The van der Waals surface area contributed by atoms with Gasteiger partial charge in [-0.15, -0.1) is 0 Å². The molecule has 8 rings (SSSR count). The molecule has 0 unspecified atom stereocenters. The maximum absolute atomic E-state index is 4.98. The number of benzene rings is 4. The van der Waals surface area contributed by atoms with Crippen molar-refractivity contribution in [1.82, 2.24) is 24.1 Å². The Bertz CT molecular complexity index is 2210. The summed E-state index contributed by atoms with van der Waals surface area (Å²) in [6.45, 7) is 0. The number of pyridine rings is 2. The first-order chi connectivity index (χ1) is 20.3. The van der Waals surface area contributed by atoms with Gasteiger partial charge in [0.1, 0.15) is 5.82 Å². The van der Waals surface area contributed by atoms with Crippen LogP contribution in [0.4, 0.5) is 0 Å². The van der Waals surface area contributed by atoms with Crippen molar-refractivity contribution in [2.75, 3.05) is 0 Å². The van der Waals surface area contributed by atoms with Gasteiger partial charge in [0, 0.05) is 52.6 Å². The largest absolute Gasteiger partial charge is 0.327 e. The zero-order valence-electron chi connectivity index (χ0n) is 22.4. The van der Waals surface area contributed by atoms with Gasteiger partial charge in [-0.1, -0.05) is 60.7 Å². The summed E-state index contributed by atoms with van der Waals surface area (Å²) in [5.74, 6) is 0.949. The second-order valence-electron chi connectivity index (χ2n) is 10.2. The molecule has 5 heteroatoms. The van der Waals surface area contributed by atoms with Gasteiger partial charge in [-0.3, -0.25) is 9.97 Å². The molecule has 194 valence electrons. The third-order valence-corrected chi connectivity index (χ3v) is 7.86. The minimum Gasteiger partial charge on any atom is -0.327 e. The van der Waals surface area contributed by atoms with Crippen molar-refractivity contribution in [3.8, 4) is 39.6 Å². The third-order valence-electron chi connectivity index (χ3n) is 7.86. The van der Waals surface area contributed by atoms with Gasteiger partial charge in [0.15, 0.2) is 0 Å². The van der Waals surface area contributed by atoms with E-state index in [1.54, 1.807) is 0 Å². The molecule has 0 fully saturated rings. The van der Waals surface area contributed by atoms with Crippen LogP contribution in [0.1, 0.15) is 0 Å².